The minimum Gasteiger partial charge on any atom is -0.382 e. The molecular formula is C11H13N3OS. The van der Waals surface area contributed by atoms with Gasteiger partial charge in [-0.05, 0) is 38.2 Å². The average Bonchev–Trinajstić information content (AvgIpc) is 2.61. The van der Waals surface area contributed by atoms with Crippen LogP contribution in [0.3, 0.4) is 0 Å². The van der Waals surface area contributed by atoms with Gasteiger partial charge in [0.15, 0.2) is 10.6 Å². The molecule has 2 aromatic rings. The summed E-state index contributed by atoms with van der Waals surface area (Å²) in [5, 5.41) is 16.8. The third-order valence-corrected chi connectivity index (χ3v) is 2.51. The first kappa shape index (κ1) is 11.0. The molecule has 0 amide bonds. The molecule has 0 aliphatic carbocycles. The lowest BCUT2D eigenvalue weighted by atomic mass is 10.1. The van der Waals surface area contributed by atoms with E-state index in [-0.39, 0.29) is 0 Å². The molecule has 0 saturated heterocycles. The van der Waals surface area contributed by atoms with Crippen LogP contribution in [0, 0.1) is 4.77 Å². The number of benzene rings is 1. The molecular weight excluding hydrogens is 222 g/mol. The lowest BCUT2D eigenvalue weighted by Crippen LogP contribution is -2.21. The summed E-state index contributed by atoms with van der Waals surface area (Å²) in [5.74, 6) is 0.503. The minimum atomic E-state index is -1.04. The maximum absolute atomic E-state index is 9.99. The molecule has 5 heteroatoms. The number of H-pyrrole nitrogens is 1. The number of nitrogens with one attached hydrogen (secondary N) is 1. The van der Waals surface area contributed by atoms with E-state index >= 15 is 0 Å². The Labute approximate surface area is 98.6 Å². The number of aromatic amines is 1. The molecule has 0 bridgehead atoms. The van der Waals surface area contributed by atoms with Gasteiger partial charge < -0.3 is 5.11 Å². The molecule has 16 heavy (non-hydrogen) atoms. The highest BCUT2D eigenvalue weighted by atomic mass is 32.1. The van der Waals surface area contributed by atoms with Gasteiger partial charge in [-0.15, -0.1) is 0 Å². The summed E-state index contributed by atoms with van der Waals surface area (Å²) < 4.78 is 2.21. The molecule has 0 atom stereocenters. The predicted octanol–water partition coefficient (Wildman–Crippen LogP) is 2.16. The minimum absolute atomic E-state index is 0.475. The van der Waals surface area contributed by atoms with Crippen LogP contribution in [0.5, 0.6) is 0 Å². The second-order valence-corrected chi connectivity index (χ2v) is 4.47. The van der Waals surface area contributed by atoms with Crippen LogP contribution in [-0.4, -0.2) is 19.9 Å². The van der Waals surface area contributed by atoms with Crippen molar-refractivity contribution >= 4 is 12.2 Å². The maximum atomic E-state index is 9.99. The molecule has 0 fully saturated rings. The highest BCUT2D eigenvalue weighted by Gasteiger charge is 2.24. The molecule has 1 aromatic heterocycles. The van der Waals surface area contributed by atoms with Gasteiger partial charge in [-0.1, -0.05) is 18.2 Å². The largest absolute Gasteiger partial charge is 0.382 e. The third-order valence-electron chi connectivity index (χ3n) is 2.23. The molecule has 1 aromatic carbocycles. The molecule has 1 heterocycles. The van der Waals surface area contributed by atoms with Crippen molar-refractivity contribution in [1.29, 1.82) is 0 Å². The van der Waals surface area contributed by atoms with Gasteiger partial charge in [-0.3, -0.25) is 9.67 Å². The highest BCUT2D eigenvalue weighted by molar-refractivity contribution is 7.71. The van der Waals surface area contributed by atoms with Crippen LogP contribution in [0.25, 0.3) is 5.69 Å². The predicted molar refractivity (Wildman–Crippen MR) is 64.0 cm³/mol. The Kier molecular flexibility index (Phi) is 2.65. The molecule has 0 spiro atoms. The van der Waals surface area contributed by atoms with Gasteiger partial charge in [0.2, 0.25) is 0 Å². The Bertz CT molecular complexity index is 536. The van der Waals surface area contributed by atoms with Gasteiger partial charge in [0.05, 0.1) is 0 Å². The first-order valence-corrected chi connectivity index (χ1v) is 5.36. The number of hydrogen-bond acceptors (Lipinski definition) is 3. The van der Waals surface area contributed by atoms with Crippen molar-refractivity contribution in [2.45, 2.75) is 19.4 Å². The molecule has 0 radical (unpaired) electrons. The zero-order chi connectivity index (χ0) is 11.8. The second kappa shape index (κ2) is 3.84. The molecule has 0 aliphatic rings. The van der Waals surface area contributed by atoms with Crippen molar-refractivity contribution < 1.29 is 5.11 Å². The quantitative estimate of drug-likeness (QED) is 0.784. The van der Waals surface area contributed by atoms with Crippen molar-refractivity contribution in [2.75, 3.05) is 0 Å². The topological polar surface area (TPSA) is 53.8 Å². The summed E-state index contributed by atoms with van der Waals surface area (Å²) in [5.41, 5.74) is -0.151. The zero-order valence-electron chi connectivity index (χ0n) is 9.14. The smallest absolute Gasteiger partial charge is 0.199 e. The van der Waals surface area contributed by atoms with E-state index in [0.29, 0.717) is 10.6 Å². The fourth-order valence-corrected chi connectivity index (χ4v) is 1.76. The first-order valence-electron chi connectivity index (χ1n) is 4.96. The van der Waals surface area contributed by atoms with Crippen LogP contribution < -0.4 is 0 Å². The van der Waals surface area contributed by atoms with E-state index in [9.17, 15) is 5.11 Å². The molecule has 0 unspecified atom stereocenters. The van der Waals surface area contributed by atoms with E-state index in [4.69, 9.17) is 12.2 Å². The van der Waals surface area contributed by atoms with Crippen molar-refractivity contribution in [3.8, 4) is 5.69 Å². The molecule has 0 aliphatic heterocycles. The van der Waals surface area contributed by atoms with Gasteiger partial charge in [0.25, 0.3) is 0 Å². The number of aromatic nitrogens is 3. The Balaban J connectivity index is 2.66. The van der Waals surface area contributed by atoms with E-state index in [2.05, 4.69) is 10.2 Å². The number of para-hydroxylation sites is 1. The normalized spacial score (nSPS) is 11.7. The Hall–Kier alpha value is -1.46. The summed E-state index contributed by atoms with van der Waals surface area (Å²) >= 11 is 5.16. The average molecular weight is 235 g/mol. The van der Waals surface area contributed by atoms with Gasteiger partial charge in [0.1, 0.15) is 5.60 Å². The van der Waals surface area contributed by atoms with Crippen LogP contribution in [0.1, 0.15) is 19.7 Å². The summed E-state index contributed by atoms with van der Waals surface area (Å²) in [6.07, 6.45) is 0. The fraction of sp³-hybridized carbons (Fsp3) is 0.273. The highest BCUT2D eigenvalue weighted by Crippen LogP contribution is 2.20. The fourth-order valence-electron chi connectivity index (χ4n) is 1.52. The van der Waals surface area contributed by atoms with E-state index in [0.717, 1.165) is 5.69 Å². The van der Waals surface area contributed by atoms with Crippen LogP contribution in [0.4, 0.5) is 0 Å². The number of aliphatic hydroxyl groups is 1. The first-order chi connectivity index (χ1) is 7.50. The summed E-state index contributed by atoms with van der Waals surface area (Å²) in [6, 6.07) is 9.59. The lowest BCUT2D eigenvalue weighted by molar-refractivity contribution is 0.0667. The molecule has 2 rings (SSSR count). The van der Waals surface area contributed by atoms with Crippen molar-refractivity contribution in [1.82, 2.24) is 14.8 Å². The SMILES string of the molecule is CC(C)(O)c1n[nH]c(=S)n1-c1ccccc1. The Morgan fingerprint density at radius 3 is 2.50 bits per heavy atom. The number of hydrogen-bond donors (Lipinski definition) is 2. The summed E-state index contributed by atoms with van der Waals surface area (Å²) in [7, 11) is 0. The van der Waals surface area contributed by atoms with E-state index in [1.54, 1.807) is 18.4 Å². The standard InChI is InChI=1S/C11H13N3OS/c1-11(2,15)9-12-13-10(16)14(9)8-6-4-3-5-7-8/h3-7,15H,1-2H3,(H,13,16). The van der Waals surface area contributed by atoms with Gasteiger partial charge in [-0.25, -0.2) is 0 Å². The Morgan fingerprint density at radius 1 is 1.31 bits per heavy atom. The van der Waals surface area contributed by atoms with Crippen LogP contribution in [0.15, 0.2) is 30.3 Å². The second-order valence-electron chi connectivity index (χ2n) is 4.08. The molecule has 84 valence electrons. The van der Waals surface area contributed by atoms with Crippen LogP contribution in [0.2, 0.25) is 0 Å². The van der Waals surface area contributed by atoms with E-state index in [1.165, 1.54) is 0 Å². The molecule has 0 saturated carbocycles. The molecule has 2 N–H and O–H groups in total. The van der Waals surface area contributed by atoms with Crippen molar-refractivity contribution in [3.05, 3.63) is 40.9 Å². The van der Waals surface area contributed by atoms with Crippen LogP contribution >= 0.6 is 12.2 Å². The van der Waals surface area contributed by atoms with Gasteiger partial charge in [0, 0.05) is 5.69 Å². The van der Waals surface area contributed by atoms with Gasteiger partial charge in [-0.2, -0.15) is 5.10 Å². The lowest BCUT2D eigenvalue weighted by Gasteiger charge is -2.17. The molecule has 4 nitrogen and oxygen atoms in total. The Morgan fingerprint density at radius 2 is 1.94 bits per heavy atom. The third kappa shape index (κ3) is 1.91. The van der Waals surface area contributed by atoms with E-state index < -0.39 is 5.60 Å². The summed E-state index contributed by atoms with van der Waals surface area (Å²) in [6.45, 7) is 3.36. The summed E-state index contributed by atoms with van der Waals surface area (Å²) in [4.78, 5) is 0. The van der Waals surface area contributed by atoms with Crippen LogP contribution in [-0.2, 0) is 5.60 Å². The van der Waals surface area contributed by atoms with Crippen molar-refractivity contribution in [2.24, 2.45) is 0 Å². The van der Waals surface area contributed by atoms with Gasteiger partial charge >= 0.3 is 0 Å². The number of nitrogens with zero attached hydrogens (tertiary/aromatic N) is 2. The number of rotatable bonds is 2. The van der Waals surface area contributed by atoms with E-state index in [1.807, 2.05) is 30.3 Å². The zero-order valence-corrected chi connectivity index (χ0v) is 9.95. The monoisotopic (exact) mass is 235 g/mol. The maximum Gasteiger partial charge on any atom is 0.199 e. The van der Waals surface area contributed by atoms with Crippen molar-refractivity contribution in [3.63, 3.8) is 0 Å².